The fourth-order valence-corrected chi connectivity index (χ4v) is 0.989. The number of hydrogen-bond donors (Lipinski definition) is 2. The van der Waals surface area contributed by atoms with Gasteiger partial charge >= 0.3 is 0 Å². The molecule has 0 heterocycles. The van der Waals surface area contributed by atoms with Crippen molar-refractivity contribution in [1.29, 1.82) is 0 Å². The number of aliphatic hydroxyl groups excluding tert-OH is 1. The number of carbonyl (C=O) groups excluding carboxylic acids is 1. The highest BCUT2D eigenvalue weighted by Gasteiger charge is 2.22. The van der Waals surface area contributed by atoms with Crippen molar-refractivity contribution in [2.24, 2.45) is 0 Å². The van der Waals surface area contributed by atoms with Crippen molar-refractivity contribution in [3.63, 3.8) is 0 Å². The number of aliphatic hydroxyl groups is 1. The van der Waals surface area contributed by atoms with Crippen molar-refractivity contribution in [1.82, 2.24) is 5.32 Å². The van der Waals surface area contributed by atoms with E-state index in [0.717, 1.165) is 6.26 Å². The predicted molar refractivity (Wildman–Crippen MR) is 44.4 cm³/mol. The molecule has 6 heteroatoms. The molecule has 0 radical (unpaired) electrons. The normalized spacial score (nSPS) is 13.9. The molecule has 0 aliphatic carbocycles. The van der Waals surface area contributed by atoms with Gasteiger partial charge in [-0.3, -0.25) is 4.79 Å². The molecule has 12 heavy (non-hydrogen) atoms. The van der Waals surface area contributed by atoms with Crippen LogP contribution in [0, 0.1) is 0 Å². The molecule has 0 aromatic heterocycles. The number of hydrogen-bond acceptors (Lipinski definition) is 4. The van der Waals surface area contributed by atoms with Gasteiger partial charge in [-0.25, -0.2) is 8.42 Å². The predicted octanol–water partition coefficient (Wildman–Crippen LogP) is -1.47. The van der Waals surface area contributed by atoms with Crippen LogP contribution in [0.4, 0.5) is 0 Å². The first-order chi connectivity index (χ1) is 5.39. The minimum Gasteiger partial charge on any atom is -0.395 e. The van der Waals surface area contributed by atoms with E-state index in [4.69, 9.17) is 5.11 Å². The van der Waals surface area contributed by atoms with Gasteiger partial charge in [0.2, 0.25) is 5.91 Å². The van der Waals surface area contributed by atoms with Crippen LogP contribution in [0.25, 0.3) is 0 Å². The van der Waals surface area contributed by atoms with Gasteiger partial charge in [0.05, 0.1) is 6.61 Å². The number of sulfone groups is 1. The number of amides is 1. The maximum absolute atomic E-state index is 10.9. The Morgan fingerprint density at radius 1 is 1.58 bits per heavy atom. The first-order valence-electron chi connectivity index (χ1n) is 3.47. The standard InChI is InChI=1S/C6H13NO4S/c1-5(12(2,10)11)6(9)7-3-4-8/h5,8H,3-4H2,1-2H3,(H,7,9). The molecule has 1 amide bonds. The smallest absolute Gasteiger partial charge is 0.238 e. The van der Waals surface area contributed by atoms with Gasteiger partial charge in [0, 0.05) is 12.8 Å². The molecule has 0 bridgehead atoms. The van der Waals surface area contributed by atoms with E-state index in [-0.39, 0.29) is 13.2 Å². The van der Waals surface area contributed by atoms with Gasteiger partial charge in [-0.1, -0.05) is 0 Å². The zero-order chi connectivity index (χ0) is 9.78. The lowest BCUT2D eigenvalue weighted by atomic mass is 10.4. The Morgan fingerprint density at radius 3 is 2.42 bits per heavy atom. The molecule has 0 spiro atoms. The second kappa shape index (κ2) is 4.42. The number of carbonyl (C=O) groups is 1. The van der Waals surface area contributed by atoms with Crippen molar-refractivity contribution >= 4 is 15.7 Å². The van der Waals surface area contributed by atoms with Gasteiger partial charge in [-0.05, 0) is 6.92 Å². The summed E-state index contributed by atoms with van der Waals surface area (Å²) in [6.07, 6.45) is 0.996. The maximum atomic E-state index is 10.9. The molecule has 1 atom stereocenters. The molecule has 0 saturated carbocycles. The van der Waals surface area contributed by atoms with Crippen LogP contribution in [-0.4, -0.2) is 44.1 Å². The molecule has 72 valence electrons. The summed E-state index contributed by atoms with van der Waals surface area (Å²) in [5, 5.41) is 9.55. The van der Waals surface area contributed by atoms with E-state index < -0.39 is 21.0 Å². The highest BCUT2D eigenvalue weighted by molar-refractivity contribution is 7.92. The third-order valence-corrected chi connectivity index (χ3v) is 2.92. The van der Waals surface area contributed by atoms with Crippen LogP contribution in [0.1, 0.15) is 6.92 Å². The molecule has 0 fully saturated rings. The second-order valence-corrected chi connectivity index (χ2v) is 4.85. The topological polar surface area (TPSA) is 83.5 Å². The lowest BCUT2D eigenvalue weighted by Gasteiger charge is -2.08. The highest BCUT2D eigenvalue weighted by Crippen LogP contribution is 1.96. The summed E-state index contributed by atoms with van der Waals surface area (Å²) in [5.41, 5.74) is 0. The average Bonchev–Trinajstić information content (AvgIpc) is 1.97. The van der Waals surface area contributed by atoms with Gasteiger partial charge in [-0.15, -0.1) is 0 Å². The summed E-state index contributed by atoms with van der Waals surface area (Å²) in [6.45, 7) is 1.20. The van der Waals surface area contributed by atoms with Crippen molar-refractivity contribution in [2.45, 2.75) is 12.2 Å². The lowest BCUT2D eigenvalue weighted by molar-refractivity contribution is -0.120. The van der Waals surface area contributed by atoms with Crippen molar-refractivity contribution in [3.05, 3.63) is 0 Å². The Balaban J connectivity index is 4.12. The van der Waals surface area contributed by atoms with Crippen LogP contribution in [-0.2, 0) is 14.6 Å². The van der Waals surface area contributed by atoms with Gasteiger partial charge in [-0.2, -0.15) is 0 Å². The van der Waals surface area contributed by atoms with Crippen LogP contribution < -0.4 is 5.32 Å². The first-order valence-corrected chi connectivity index (χ1v) is 5.42. The molecule has 0 aromatic rings. The SMILES string of the molecule is CC(C(=O)NCCO)S(C)(=O)=O. The van der Waals surface area contributed by atoms with E-state index in [9.17, 15) is 13.2 Å². The highest BCUT2D eigenvalue weighted by atomic mass is 32.2. The van der Waals surface area contributed by atoms with E-state index in [2.05, 4.69) is 5.32 Å². The molecule has 5 nitrogen and oxygen atoms in total. The lowest BCUT2D eigenvalue weighted by Crippen LogP contribution is -2.38. The summed E-state index contributed by atoms with van der Waals surface area (Å²) in [6, 6.07) is 0. The first kappa shape index (κ1) is 11.4. The Hall–Kier alpha value is -0.620. The summed E-state index contributed by atoms with van der Waals surface area (Å²) >= 11 is 0. The van der Waals surface area contributed by atoms with E-state index in [1.807, 2.05) is 0 Å². The maximum Gasteiger partial charge on any atom is 0.238 e. The molecule has 0 aliphatic heterocycles. The quantitative estimate of drug-likeness (QED) is 0.573. The summed E-state index contributed by atoms with van der Waals surface area (Å²) < 4.78 is 21.6. The summed E-state index contributed by atoms with van der Waals surface area (Å²) in [4.78, 5) is 10.9. The Bertz CT molecular complexity index is 246. The van der Waals surface area contributed by atoms with Crippen LogP contribution >= 0.6 is 0 Å². The Morgan fingerprint density at radius 2 is 2.08 bits per heavy atom. The average molecular weight is 195 g/mol. The monoisotopic (exact) mass is 195 g/mol. The van der Waals surface area contributed by atoms with E-state index in [1.54, 1.807) is 0 Å². The molecule has 0 aliphatic rings. The number of nitrogens with one attached hydrogen (secondary N) is 1. The molecular weight excluding hydrogens is 182 g/mol. The number of rotatable bonds is 4. The minimum atomic E-state index is -3.33. The largest absolute Gasteiger partial charge is 0.395 e. The molecular formula is C6H13NO4S. The summed E-state index contributed by atoms with van der Waals surface area (Å²) in [5.74, 6) is -0.577. The van der Waals surface area contributed by atoms with Crippen LogP contribution in [0.3, 0.4) is 0 Å². The van der Waals surface area contributed by atoms with Gasteiger partial charge in [0.15, 0.2) is 9.84 Å². The summed E-state index contributed by atoms with van der Waals surface area (Å²) in [7, 11) is -3.33. The zero-order valence-electron chi connectivity index (χ0n) is 7.07. The second-order valence-electron chi connectivity index (χ2n) is 2.49. The zero-order valence-corrected chi connectivity index (χ0v) is 7.89. The Labute approximate surface area is 71.7 Å². The molecule has 0 saturated heterocycles. The fourth-order valence-electron chi connectivity index (χ4n) is 0.517. The molecule has 2 N–H and O–H groups in total. The third-order valence-electron chi connectivity index (χ3n) is 1.42. The van der Waals surface area contributed by atoms with Gasteiger partial charge in [0.25, 0.3) is 0 Å². The fraction of sp³-hybridized carbons (Fsp3) is 0.833. The van der Waals surface area contributed by atoms with Crippen LogP contribution in [0.15, 0.2) is 0 Å². The van der Waals surface area contributed by atoms with E-state index >= 15 is 0 Å². The Kier molecular flexibility index (Phi) is 4.19. The molecule has 0 aromatic carbocycles. The van der Waals surface area contributed by atoms with Crippen LogP contribution in [0.5, 0.6) is 0 Å². The molecule has 0 rings (SSSR count). The van der Waals surface area contributed by atoms with Crippen molar-refractivity contribution in [2.75, 3.05) is 19.4 Å². The minimum absolute atomic E-state index is 0.0820. The molecule has 1 unspecified atom stereocenters. The van der Waals surface area contributed by atoms with Crippen molar-refractivity contribution in [3.8, 4) is 0 Å². The van der Waals surface area contributed by atoms with Gasteiger partial charge < -0.3 is 10.4 Å². The van der Waals surface area contributed by atoms with Crippen LogP contribution in [0.2, 0.25) is 0 Å². The van der Waals surface area contributed by atoms with Crippen molar-refractivity contribution < 1.29 is 18.3 Å². The van der Waals surface area contributed by atoms with E-state index in [0.29, 0.717) is 0 Å². The van der Waals surface area contributed by atoms with Gasteiger partial charge in [0.1, 0.15) is 5.25 Å². The van der Waals surface area contributed by atoms with E-state index in [1.165, 1.54) is 6.92 Å². The third kappa shape index (κ3) is 3.68.